The molecule has 0 bridgehead atoms. The van der Waals surface area contributed by atoms with Crippen molar-refractivity contribution >= 4 is 5.82 Å². The Bertz CT molecular complexity index is 287. The molecule has 2 N–H and O–H groups in total. The Kier molecular flexibility index (Phi) is 5.12. The number of rotatable bonds is 6. The van der Waals surface area contributed by atoms with Gasteiger partial charge in [0.2, 0.25) is 0 Å². The Morgan fingerprint density at radius 3 is 2.93 bits per heavy atom. The summed E-state index contributed by atoms with van der Waals surface area (Å²) in [5, 5.41) is 0. The van der Waals surface area contributed by atoms with Crippen LogP contribution in [0.3, 0.4) is 0 Å². The molecule has 0 spiro atoms. The van der Waals surface area contributed by atoms with Crippen LogP contribution in [-0.2, 0) is 11.3 Å². The molecule has 3 nitrogen and oxygen atoms in total. The highest BCUT2D eigenvalue weighted by atomic mass is 16.5. The van der Waals surface area contributed by atoms with Crippen LogP contribution < -0.4 is 5.73 Å². The van der Waals surface area contributed by atoms with E-state index in [9.17, 15) is 0 Å². The molecule has 15 heavy (non-hydrogen) atoms. The van der Waals surface area contributed by atoms with Crippen molar-refractivity contribution in [1.82, 2.24) is 4.98 Å². The molecule has 0 atom stereocenters. The van der Waals surface area contributed by atoms with Crippen molar-refractivity contribution in [2.75, 3.05) is 12.3 Å². The molecule has 1 aromatic heterocycles. The van der Waals surface area contributed by atoms with E-state index in [4.69, 9.17) is 10.5 Å². The number of nitrogen functional groups attached to an aromatic ring is 1. The summed E-state index contributed by atoms with van der Waals surface area (Å²) in [6.45, 7) is 5.90. The Morgan fingerprint density at radius 2 is 2.27 bits per heavy atom. The van der Waals surface area contributed by atoms with Gasteiger partial charge in [0, 0.05) is 12.8 Å². The van der Waals surface area contributed by atoms with E-state index < -0.39 is 0 Å². The molecule has 1 rings (SSSR count). The zero-order valence-electron chi connectivity index (χ0n) is 9.57. The van der Waals surface area contributed by atoms with E-state index in [0.29, 0.717) is 12.4 Å². The first-order valence-corrected chi connectivity index (χ1v) is 5.46. The van der Waals surface area contributed by atoms with Crippen molar-refractivity contribution in [3.63, 3.8) is 0 Å². The maximum atomic E-state index is 5.56. The average Bonchev–Trinajstić information content (AvgIpc) is 2.17. The summed E-state index contributed by atoms with van der Waals surface area (Å²) in [6, 6.07) is 3.78. The summed E-state index contributed by atoms with van der Waals surface area (Å²) in [6.07, 6.45) is 4.05. The lowest BCUT2D eigenvalue weighted by molar-refractivity contribution is 0.115. The minimum Gasteiger partial charge on any atom is -0.384 e. The van der Waals surface area contributed by atoms with Crippen molar-refractivity contribution < 1.29 is 4.74 Å². The topological polar surface area (TPSA) is 48.1 Å². The van der Waals surface area contributed by atoms with Crippen LogP contribution >= 0.6 is 0 Å². The fourth-order valence-electron chi connectivity index (χ4n) is 1.37. The van der Waals surface area contributed by atoms with Crippen molar-refractivity contribution in [2.45, 2.75) is 33.3 Å². The first-order valence-electron chi connectivity index (χ1n) is 5.46. The van der Waals surface area contributed by atoms with Crippen molar-refractivity contribution in [3.05, 3.63) is 23.9 Å². The monoisotopic (exact) mass is 208 g/mol. The third kappa shape index (κ3) is 5.37. The van der Waals surface area contributed by atoms with Gasteiger partial charge in [0.05, 0.1) is 6.61 Å². The lowest BCUT2D eigenvalue weighted by Gasteiger charge is -2.06. The molecule has 0 radical (unpaired) electrons. The van der Waals surface area contributed by atoms with Crippen LogP contribution in [0.5, 0.6) is 0 Å². The average molecular weight is 208 g/mol. The highest BCUT2D eigenvalue weighted by Gasteiger charge is 1.96. The van der Waals surface area contributed by atoms with Crippen LogP contribution in [0.15, 0.2) is 18.3 Å². The summed E-state index contributed by atoms with van der Waals surface area (Å²) in [7, 11) is 0. The van der Waals surface area contributed by atoms with E-state index in [1.54, 1.807) is 6.20 Å². The molecule has 0 aliphatic carbocycles. The molecule has 0 saturated carbocycles. The number of aromatic nitrogens is 1. The molecular formula is C12H20N2O. The van der Waals surface area contributed by atoms with Gasteiger partial charge in [-0.15, -0.1) is 0 Å². The van der Waals surface area contributed by atoms with Crippen LogP contribution in [-0.4, -0.2) is 11.6 Å². The number of ether oxygens (including phenoxy) is 1. The Morgan fingerprint density at radius 1 is 1.47 bits per heavy atom. The minimum atomic E-state index is 0.554. The zero-order valence-corrected chi connectivity index (χ0v) is 9.57. The van der Waals surface area contributed by atoms with Crippen molar-refractivity contribution in [2.24, 2.45) is 5.92 Å². The van der Waals surface area contributed by atoms with E-state index in [-0.39, 0.29) is 0 Å². The molecule has 0 saturated heterocycles. The lowest BCUT2D eigenvalue weighted by Crippen LogP contribution is -1.99. The van der Waals surface area contributed by atoms with Gasteiger partial charge in [-0.25, -0.2) is 4.98 Å². The van der Waals surface area contributed by atoms with Crippen LogP contribution in [0.1, 0.15) is 32.3 Å². The summed E-state index contributed by atoms with van der Waals surface area (Å²) < 4.78 is 5.54. The van der Waals surface area contributed by atoms with Gasteiger partial charge in [-0.05, 0) is 36.5 Å². The molecule has 0 unspecified atom stereocenters. The summed E-state index contributed by atoms with van der Waals surface area (Å²) in [5.41, 5.74) is 6.65. The number of hydrogen-bond acceptors (Lipinski definition) is 3. The van der Waals surface area contributed by atoms with Crippen molar-refractivity contribution in [1.29, 1.82) is 0 Å². The summed E-state index contributed by atoms with van der Waals surface area (Å²) >= 11 is 0. The molecule has 0 aromatic carbocycles. The Hall–Kier alpha value is -1.09. The first kappa shape index (κ1) is 12.0. The van der Waals surface area contributed by atoms with Gasteiger partial charge in [0.1, 0.15) is 5.82 Å². The van der Waals surface area contributed by atoms with E-state index in [0.717, 1.165) is 24.5 Å². The number of pyridine rings is 1. The minimum absolute atomic E-state index is 0.554. The maximum Gasteiger partial charge on any atom is 0.123 e. The van der Waals surface area contributed by atoms with Crippen molar-refractivity contribution in [3.8, 4) is 0 Å². The predicted octanol–water partition coefficient (Wildman–Crippen LogP) is 2.62. The highest BCUT2D eigenvalue weighted by Crippen LogP contribution is 2.07. The van der Waals surface area contributed by atoms with Crippen LogP contribution in [0.2, 0.25) is 0 Å². The SMILES string of the molecule is CC(C)CCCOCc1ccnc(N)c1. The molecule has 1 aromatic rings. The molecular weight excluding hydrogens is 188 g/mol. The van der Waals surface area contributed by atoms with E-state index in [1.165, 1.54) is 6.42 Å². The smallest absolute Gasteiger partial charge is 0.123 e. The highest BCUT2D eigenvalue weighted by molar-refractivity contribution is 5.31. The fraction of sp³-hybridized carbons (Fsp3) is 0.583. The van der Waals surface area contributed by atoms with Gasteiger partial charge in [-0.2, -0.15) is 0 Å². The number of nitrogens with zero attached hydrogens (tertiary/aromatic N) is 1. The second kappa shape index (κ2) is 6.40. The quantitative estimate of drug-likeness (QED) is 0.731. The van der Waals surface area contributed by atoms with E-state index in [2.05, 4.69) is 18.8 Å². The Balaban J connectivity index is 2.15. The summed E-state index contributed by atoms with van der Waals surface area (Å²) in [4.78, 5) is 3.93. The fourth-order valence-corrected chi connectivity index (χ4v) is 1.37. The molecule has 1 heterocycles. The van der Waals surface area contributed by atoms with Gasteiger partial charge in [-0.3, -0.25) is 0 Å². The number of anilines is 1. The van der Waals surface area contributed by atoms with Crippen LogP contribution in [0.25, 0.3) is 0 Å². The molecule has 3 heteroatoms. The molecule has 84 valence electrons. The molecule has 0 amide bonds. The standard InChI is InChI=1S/C12H20N2O/c1-10(2)4-3-7-15-9-11-5-6-14-12(13)8-11/h5-6,8,10H,3-4,7,9H2,1-2H3,(H2,13,14). The molecule has 0 aliphatic rings. The van der Waals surface area contributed by atoms with Crippen LogP contribution in [0.4, 0.5) is 5.82 Å². The number of nitrogens with two attached hydrogens (primary N) is 1. The molecule has 0 aliphatic heterocycles. The van der Waals surface area contributed by atoms with Gasteiger partial charge < -0.3 is 10.5 Å². The van der Waals surface area contributed by atoms with Gasteiger partial charge in [0.25, 0.3) is 0 Å². The van der Waals surface area contributed by atoms with E-state index in [1.807, 2.05) is 12.1 Å². The normalized spacial score (nSPS) is 10.9. The first-order chi connectivity index (χ1) is 7.18. The second-order valence-corrected chi connectivity index (χ2v) is 4.18. The van der Waals surface area contributed by atoms with Gasteiger partial charge in [0.15, 0.2) is 0 Å². The van der Waals surface area contributed by atoms with E-state index >= 15 is 0 Å². The van der Waals surface area contributed by atoms with Gasteiger partial charge >= 0.3 is 0 Å². The Labute approximate surface area is 91.7 Å². The van der Waals surface area contributed by atoms with Crippen LogP contribution in [0, 0.1) is 5.92 Å². The second-order valence-electron chi connectivity index (χ2n) is 4.18. The predicted molar refractivity (Wildman–Crippen MR) is 62.4 cm³/mol. The summed E-state index contributed by atoms with van der Waals surface area (Å²) in [5.74, 6) is 1.31. The third-order valence-electron chi connectivity index (χ3n) is 2.18. The largest absolute Gasteiger partial charge is 0.384 e. The lowest BCUT2D eigenvalue weighted by atomic mass is 10.1. The van der Waals surface area contributed by atoms with Gasteiger partial charge in [-0.1, -0.05) is 13.8 Å². The zero-order chi connectivity index (χ0) is 11.1. The molecule has 0 fully saturated rings. The maximum absolute atomic E-state index is 5.56. The third-order valence-corrected chi connectivity index (χ3v) is 2.18. The number of hydrogen-bond donors (Lipinski definition) is 1.